The molecule has 1 aliphatic rings. The Kier molecular flexibility index (Phi) is 5.18. The number of rotatable bonds is 4. The lowest BCUT2D eigenvalue weighted by Crippen LogP contribution is -2.48. The van der Waals surface area contributed by atoms with Crippen molar-refractivity contribution < 1.29 is 9.53 Å². The van der Waals surface area contributed by atoms with Crippen LogP contribution in [0.3, 0.4) is 0 Å². The summed E-state index contributed by atoms with van der Waals surface area (Å²) in [5, 5.41) is 11.7. The van der Waals surface area contributed by atoms with Crippen LogP contribution in [-0.2, 0) is 4.79 Å². The van der Waals surface area contributed by atoms with E-state index in [4.69, 9.17) is 16.3 Å². The van der Waals surface area contributed by atoms with Gasteiger partial charge in [0.05, 0.1) is 19.0 Å². The predicted molar refractivity (Wildman–Crippen MR) is 95.6 cm³/mol. The number of piperazine rings is 1. The van der Waals surface area contributed by atoms with E-state index in [0.717, 1.165) is 0 Å². The molecule has 1 saturated heterocycles. The summed E-state index contributed by atoms with van der Waals surface area (Å²) < 4.78 is 5.31. The molecule has 132 valence electrons. The van der Waals surface area contributed by atoms with Gasteiger partial charge in [0.25, 0.3) is 0 Å². The van der Waals surface area contributed by atoms with Gasteiger partial charge in [0.1, 0.15) is 5.75 Å². The van der Waals surface area contributed by atoms with E-state index in [1.807, 2.05) is 4.90 Å². The zero-order valence-electron chi connectivity index (χ0n) is 14.1. The van der Waals surface area contributed by atoms with Gasteiger partial charge >= 0.3 is 0 Å². The Bertz CT molecular complexity index is 764. The Morgan fingerprint density at radius 1 is 1.28 bits per heavy atom. The number of hydrogen-bond acceptors (Lipinski definition) is 7. The Balaban J connectivity index is 1.74. The second-order valence-electron chi connectivity index (χ2n) is 5.60. The van der Waals surface area contributed by atoms with Crippen LogP contribution in [-0.4, -0.2) is 59.3 Å². The lowest BCUT2D eigenvalue weighted by Gasteiger charge is -2.34. The van der Waals surface area contributed by atoms with E-state index in [9.17, 15) is 4.79 Å². The maximum Gasteiger partial charge on any atom is 0.249 e. The first-order chi connectivity index (χ1) is 12.1. The number of amides is 1. The lowest BCUT2D eigenvalue weighted by molar-refractivity contribution is -0.129. The topological polar surface area (TPSA) is 83.5 Å². The molecule has 1 amide bonds. The molecule has 0 unspecified atom stereocenters. The third-order valence-corrected chi connectivity index (χ3v) is 4.24. The third kappa shape index (κ3) is 4.08. The molecule has 1 aromatic carbocycles. The molecule has 0 spiro atoms. The molecule has 0 aliphatic carbocycles. The lowest BCUT2D eigenvalue weighted by atomic mass is 10.3. The van der Waals surface area contributed by atoms with Crippen molar-refractivity contribution in [1.29, 1.82) is 0 Å². The fourth-order valence-electron chi connectivity index (χ4n) is 2.65. The summed E-state index contributed by atoms with van der Waals surface area (Å²) in [7, 11) is 1.58. The van der Waals surface area contributed by atoms with Gasteiger partial charge in [-0.05, 0) is 18.2 Å². The summed E-state index contributed by atoms with van der Waals surface area (Å²) >= 11 is 6.04. The minimum atomic E-state index is 0.0934. The van der Waals surface area contributed by atoms with Crippen LogP contribution >= 0.6 is 11.6 Å². The molecule has 9 heteroatoms. The highest BCUT2D eigenvalue weighted by atomic mass is 35.5. The van der Waals surface area contributed by atoms with Gasteiger partial charge < -0.3 is 19.9 Å². The normalized spacial score (nSPS) is 14.4. The molecule has 1 N–H and O–H groups in total. The van der Waals surface area contributed by atoms with Crippen molar-refractivity contribution in [3.63, 3.8) is 0 Å². The monoisotopic (exact) mass is 362 g/mol. The van der Waals surface area contributed by atoms with Crippen molar-refractivity contribution in [3.8, 4) is 5.75 Å². The van der Waals surface area contributed by atoms with E-state index in [0.29, 0.717) is 54.4 Å². The number of methoxy groups -OCH3 is 1. The minimum absolute atomic E-state index is 0.0934. The number of ether oxygens (including phenoxy) is 1. The molecular weight excluding hydrogens is 344 g/mol. The summed E-state index contributed by atoms with van der Waals surface area (Å²) in [6, 6.07) is 5.25. The Morgan fingerprint density at radius 2 is 2.04 bits per heavy atom. The molecule has 3 rings (SSSR count). The van der Waals surface area contributed by atoms with Crippen LogP contribution in [0.25, 0.3) is 0 Å². The maximum atomic E-state index is 11.4. The average molecular weight is 363 g/mol. The number of anilines is 3. The largest absolute Gasteiger partial charge is 0.495 e. The first-order valence-corrected chi connectivity index (χ1v) is 8.25. The summed E-state index contributed by atoms with van der Waals surface area (Å²) in [5.41, 5.74) is 0.662. The average Bonchev–Trinajstić information content (AvgIpc) is 2.62. The number of carbonyl (C=O) groups is 1. The predicted octanol–water partition coefficient (Wildman–Crippen LogP) is 1.95. The number of carbonyl (C=O) groups excluding carboxylic acids is 1. The fraction of sp³-hybridized carbons (Fsp3) is 0.375. The van der Waals surface area contributed by atoms with Gasteiger partial charge in [-0.15, -0.1) is 5.10 Å². The van der Waals surface area contributed by atoms with Gasteiger partial charge in [-0.3, -0.25) is 4.79 Å². The summed E-state index contributed by atoms with van der Waals surface area (Å²) in [4.78, 5) is 19.8. The van der Waals surface area contributed by atoms with Crippen molar-refractivity contribution in [2.45, 2.75) is 6.92 Å². The number of benzene rings is 1. The van der Waals surface area contributed by atoms with Crippen LogP contribution in [0, 0.1) is 0 Å². The third-order valence-electron chi connectivity index (χ3n) is 4.00. The fourth-order valence-corrected chi connectivity index (χ4v) is 2.82. The first kappa shape index (κ1) is 17.2. The SMILES string of the molecule is COc1ccc(Cl)cc1Nc1nncc(N2CCN(C(C)=O)CC2)n1. The second kappa shape index (κ2) is 7.52. The molecule has 0 radical (unpaired) electrons. The van der Waals surface area contributed by atoms with Crippen LogP contribution in [0.15, 0.2) is 24.4 Å². The molecule has 25 heavy (non-hydrogen) atoms. The standard InChI is InChI=1S/C16H19ClN6O2/c1-11(24)22-5-7-23(8-6-22)15-10-18-21-16(20-15)19-13-9-12(17)3-4-14(13)25-2/h3-4,9-10H,5-8H2,1-2H3,(H,19,20,21). The summed E-state index contributed by atoms with van der Waals surface area (Å²) in [5.74, 6) is 1.79. The van der Waals surface area contributed by atoms with Crippen molar-refractivity contribution in [3.05, 3.63) is 29.4 Å². The van der Waals surface area contributed by atoms with Gasteiger partial charge in [-0.25, -0.2) is 0 Å². The zero-order chi connectivity index (χ0) is 17.8. The van der Waals surface area contributed by atoms with Gasteiger partial charge in [0, 0.05) is 38.1 Å². The van der Waals surface area contributed by atoms with Gasteiger partial charge in [0.2, 0.25) is 11.9 Å². The van der Waals surface area contributed by atoms with Crippen LogP contribution < -0.4 is 15.0 Å². The number of aromatic nitrogens is 3. The molecular formula is C16H19ClN6O2. The second-order valence-corrected chi connectivity index (χ2v) is 6.04. The number of hydrogen-bond donors (Lipinski definition) is 1. The Labute approximate surface area is 150 Å². The maximum absolute atomic E-state index is 11.4. The minimum Gasteiger partial charge on any atom is -0.495 e. The van der Waals surface area contributed by atoms with Crippen molar-refractivity contribution >= 4 is 35.0 Å². The number of halogens is 1. The molecule has 2 aromatic rings. The van der Waals surface area contributed by atoms with E-state index in [1.165, 1.54) is 0 Å². The molecule has 1 aliphatic heterocycles. The number of nitrogens with one attached hydrogen (secondary N) is 1. The highest BCUT2D eigenvalue weighted by Gasteiger charge is 2.20. The van der Waals surface area contributed by atoms with E-state index in [1.54, 1.807) is 38.4 Å². The molecule has 0 atom stereocenters. The van der Waals surface area contributed by atoms with E-state index in [-0.39, 0.29) is 5.91 Å². The van der Waals surface area contributed by atoms with Crippen LogP contribution in [0.2, 0.25) is 5.02 Å². The molecule has 0 bridgehead atoms. The Morgan fingerprint density at radius 3 is 2.72 bits per heavy atom. The van der Waals surface area contributed by atoms with Crippen LogP contribution in [0.4, 0.5) is 17.5 Å². The smallest absolute Gasteiger partial charge is 0.249 e. The van der Waals surface area contributed by atoms with E-state index < -0.39 is 0 Å². The van der Waals surface area contributed by atoms with Gasteiger partial charge in [-0.1, -0.05) is 11.6 Å². The highest BCUT2D eigenvalue weighted by Crippen LogP contribution is 2.29. The van der Waals surface area contributed by atoms with E-state index >= 15 is 0 Å². The van der Waals surface area contributed by atoms with Crippen molar-refractivity contribution in [2.24, 2.45) is 0 Å². The van der Waals surface area contributed by atoms with Crippen molar-refractivity contribution in [1.82, 2.24) is 20.1 Å². The van der Waals surface area contributed by atoms with Crippen LogP contribution in [0.5, 0.6) is 5.75 Å². The molecule has 2 heterocycles. The van der Waals surface area contributed by atoms with Crippen molar-refractivity contribution in [2.75, 3.05) is 43.5 Å². The van der Waals surface area contributed by atoms with Gasteiger partial charge in [-0.2, -0.15) is 10.1 Å². The van der Waals surface area contributed by atoms with Gasteiger partial charge in [0.15, 0.2) is 5.82 Å². The molecule has 1 aromatic heterocycles. The summed E-state index contributed by atoms with van der Waals surface area (Å²) in [6.07, 6.45) is 1.61. The zero-order valence-corrected chi connectivity index (χ0v) is 14.8. The Hall–Kier alpha value is -2.61. The quantitative estimate of drug-likeness (QED) is 0.889. The molecule has 8 nitrogen and oxygen atoms in total. The summed E-state index contributed by atoms with van der Waals surface area (Å²) in [6.45, 7) is 4.34. The molecule has 0 saturated carbocycles. The van der Waals surface area contributed by atoms with Crippen LogP contribution in [0.1, 0.15) is 6.92 Å². The van der Waals surface area contributed by atoms with E-state index in [2.05, 4.69) is 25.4 Å². The first-order valence-electron chi connectivity index (χ1n) is 7.87. The highest BCUT2D eigenvalue weighted by molar-refractivity contribution is 6.31. The molecule has 1 fully saturated rings. The number of nitrogens with zero attached hydrogens (tertiary/aromatic N) is 5.